The third-order valence-corrected chi connectivity index (χ3v) is 3.73. The van der Waals surface area contributed by atoms with Gasteiger partial charge in [0.15, 0.2) is 0 Å². The lowest BCUT2D eigenvalue weighted by atomic mass is 10.0. The number of fused-ring (bicyclic) bond motifs is 1. The molecule has 0 atom stereocenters. The van der Waals surface area contributed by atoms with Crippen molar-refractivity contribution >= 4 is 10.9 Å². The molecule has 1 aromatic carbocycles. The number of aliphatic hydroxyl groups excluding tert-OH is 1. The van der Waals surface area contributed by atoms with Gasteiger partial charge in [-0.05, 0) is 44.5 Å². The van der Waals surface area contributed by atoms with Gasteiger partial charge >= 0.3 is 0 Å². The van der Waals surface area contributed by atoms with E-state index in [1.54, 1.807) is 0 Å². The summed E-state index contributed by atoms with van der Waals surface area (Å²) in [5.74, 6) is 0.714. The number of pyridine rings is 1. The fourth-order valence-electron chi connectivity index (χ4n) is 2.69. The van der Waals surface area contributed by atoms with Crippen LogP contribution in [0.4, 0.5) is 0 Å². The first-order valence-electron chi connectivity index (χ1n) is 7.27. The van der Waals surface area contributed by atoms with Crippen LogP contribution in [0.2, 0.25) is 0 Å². The number of hydrogen-bond acceptors (Lipinski definition) is 4. The van der Waals surface area contributed by atoms with E-state index in [0.29, 0.717) is 5.75 Å². The maximum atomic E-state index is 8.86. The molecule has 0 unspecified atom stereocenters. The van der Waals surface area contributed by atoms with Crippen molar-refractivity contribution in [3.8, 4) is 17.0 Å². The molecule has 114 valence electrons. The topological polar surface area (TPSA) is 71.0 Å². The van der Waals surface area contributed by atoms with Gasteiger partial charge in [-0.2, -0.15) is 5.10 Å². The highest BCUT2D eigenvalue weighted by Gasteiger charge is 2.12. The number of aryl methyl sites for hydroxylation is 3. The highest BCUT2D eigenvalue weighted by molar-refractivity contribution is 5.86. The molecule has 3 rings (SSSR count). The molecule has 0 radical (unpaired) electrons. The second-order valence-electron chi connectivity index (χ2n) is 5.38. The summed E-state index contributed by atoms with van der Waals surface area (Å²) in [6.45, 7) is 6.33. The molecule has 0 amide bonds. The first-order valence-corrected chi connectivity index (χ1v) is 7.27. The van der Waals surface area contributed by atoms with E-state index in [4.69, 9.17) is 14.8 Å². The summed E-state index contributed by atoms with van der Waals surface area (Å²) in [6.07, 6.45) is 0. The Hall–Kier alpha value is -2.40. The van der Waals surface area contributed by atoms with Gasteiger partial charge < -0.3 is 9.84 Å². The summed E-state index contributed by atoms with van der Waals surface area (Å²) >= 11 is 0. The van der Waals surface area contributed by atoms with Gasteiger partial charge in [-0.1, -0.05) is 0 Å². The molecule has 0 aliphatic carbocycles. The summed E-state index contributed by atoms with van der Waals surface area (Å²) in [6, 6.07) is 7.90. The standard InChI is InChI=1S/C17H19N3O2/c1-10-8-16(17-11(2)19-20-12(17)3)18-15-9-13(22-7-6-21)4-5-14(10)15/h4-5,8-9,21H,6-7H2,1-3H3,(H,19,20). The number of ether oxygens (including phenoxy) is 1. The fourth-order valence-corrected chi connectivity index (χ4v) is 2.69. The minimum Gasteiger partial charge on any atom is -0.491 e. The molecule has 5 heteroatoms. The van der Waals surface area contributed by atoms with E-state index in [9.17, 15) is 0 Å². The summed E-state index contributed by atoms with van der Waals surface area (Å²) < 4.78 is 5.47. The van der Waals surface area contributed by atoms with Crippen LogP contribution in [0, 0.1) is 20.8 Å². The molecule has 0 fully saturated rings. The summed E-state index contributed by atoms with van der Waals surface area (Å²) in [7, 11) is 0. The predicted octanol–water partition coefficient (Wildman–Crippen LogP) is 2.92. The third kappa shape index (κ3) is 2.55. The number of aromatic amines is 1. The van der Waals surface area contributed by atoms with Crippen LogP contribution in [0.15, 0.2) is 24.3 Å². The van der Waals surface area contributed by atoms with E-state index < -0.39 is 0 Å². The Kier molecular flexibility index (Phi) is 3.81. The van der Waals surface area contributed by atoms with Crippen LogP contribution in [-0.2, 0) is 0 Å². The first-order chi connectivity index (χ1) is 10.6. The largest absolute Gasteiger partial charge is 0.491 e. The van der Waals surface area contributed by atoms with Gasteiger partial charge in [-0.3, -0.25) is 5.10 Å². The minimum atomic E-state index is -0.00204. The van der Waals surface area contributed by atoms with Crippen molar-refractivity contribution in [2.45, 2.75) is 20.8 Å². The van der Waals surface area contributed by atoms with Crippen LogP contribution >= 0.6 is 0 Å². The first kappa shape index (κ1) is 14.5. The number of nitrogens with one attached hydrogen (secondary N) is 1. The Morgan fingerprint density at radius 2 is 2.00 bits per heavy atom. The van der Waals surface area contributed by atoms with Gasteiger partial charge in [-0.15, -0.1) is 0 Å². The number of aromatic nitrogens is 3. The highest BCUT2D eigenvalue weighted by atomic mass is 16.5. The van der Waals surface area contributed by atoms with E-state index in [0.717, 1.165) is 39.1 Å². The Morgan fingerprint density at radius 1 is 1.18 bits per heavy atom. The van der Waals surface area contributed by atoms with Crippen LogP contribution in [-0.4, -0.2) is 33.5 Å². The Balaban J connectivity index is 2.13. The molecular formula is C17H19N3O2. The van der Waals surface area contributed by atoms with E-state index >= 15 is 0 Å². The zero-order valence-electron chi connectivity index (χ0n) is 13.0. The molecule has 0 saturated heterocycles. The highest BCUT2D eigenvalue weighted by Crippen LogP contribution is 2.29. The molecule has 22 heavy (non-hydrogen) atoms. The second-order valence-corrected chi connectivity index (χ2v) is 5.38. The van der Waals surface area contributed by atoms with Crippen LogP contribution in [0.3, 0.4) is 0 Å². The molecule has 0 bridgehead atoms. The molecule has 0 aliphatic rings. The second kappa shape index (κ2) is 5.77. The van der Waals surface area contributed by atoms with Crippen molar-refractivity contribution in [1.29, 1.82) is 0 Å². The van der Waals surface area contributed by atoms with Gasteiger partial charge in [0, 0.05) is 22.7 Å². The molecule has 0 aliphatic heterocycles. The molecule has 0 saturated carbocycles. The van der Waals surface area contributed by atoms with Crippen molar-refractivity contribution in [2.24, 2.45) is 0 Å². The van der Waals surface area contributed by atoms with Crippen LogP contribution in [0.5, 0.6) is 5.75 Å². The zero-order chi connectivity index (χ0) is 15.7. The van der Waals surface area contributed by atoms with Crippen molar-refractivity contribution in [2.75, 3.05) is 13.2 Å². The number of nitrogens with zero attached hydrogens (tertiary/aromatic N) is 2. The lowest BCUT2D eigenvalue weighted by Crippen LogP contribution is -2.01. The van der Waals surface area contributed by atoms with Gasteiger partial charge in [0.2, 0.25) is 0 Å². The molecule has 3 aromatic rings. The lowest BCUT2D eigenvalue weighted by Gasteiger charge is -2.09. The average Bonchev–Trinajstić information content (AvgIpc) is 2.83. The normalized spacial score (nSPS) is 11.1. The SMILES string of the molecule is Cc1n[nH]c(C)c1-c1cc(C)c2ccc(OCCO)cc2n1. The van der Waals surface area contributed by atoms with Gasteiger partial charge in [-0.25, -0.2) is 4.98 Å². The smallest absolute Gasteiger partial charge is 0.121 e. The predicted molar refractivity (Wildman–Crippen MR) is 86.1 cm³/mol. The van der Waals surface area contributed by atoms with Crippen molar-refractivity contribution in [3.05, 3.63) is 41.2 Å². The summed E-state index contributed by atoms with van der Waals surface area (Å²) in [5.41, 5.74) is 5.95. The zero-order valence-corrected chi connectivity index (χ0v) is 13.0. The lowest BCUT2D eigenvalue weighted by molar-refractivity contribution is 0.201. The number of rotatable bonds is 4. The molecular weight excluding hydrogens is 278 g/mol. The molecule has 2 heterocycles. The molecule has 0 spiro atoms. The van der Waals surface area contributed by atoms with Gasteiger partial charge in [0.25, 0.3) is 0 Å². The molecule has 2 N–H and O–H groups in total. The Labute approximate surface area is 129 Å². The van der Waals surface area contributed by atoms with Crippen molar-refractivity contribution < 1.29 is 9.84 Å². The van der Waals surface area contributed by atoms with Crippen molar-refractivity contribution in [1.82, 2.24) is 15.2 Å². The quantitative estimate of drug-likeness (QED) is 0.776. The van der Waals surface area contributed by atoms with E-state index in [1.807, 2.05) is 32.0 Å². The molecule has 2 aromatic heterocycles. The minimum absolute atomic E-state index is 0.00204. The van der Waals surface area contributed by atoms with E-state index in [-0.39, 0.29) is 13.2 Å². The van der Waals surface area contributed by atoms with Crippen LogP contribution < -0.4 is 4.74 Å². The average molecular weight is 297 g/mol. The number of H-pyrrole nitrogens is 1. The number of benzene rings is 1. The fraction of sp³-hybridized carbons (Fsp3) is 0.294. The Bertz CT molecular complexity index is 805. The summed E-state index contributed by atoms with van der Waals surface area (Å²) in [4.78, 5) is 4.77. The number of hydrogen-bond donors (Lipinski definition) is 2. The third-order valence-electron chi connectivity index (χ3n) is 3.73. The Morgan fingerprint density at radius 3 is 2.68 bits per heavy atom. The van der Waals surface area contributed by atoms with E-state index in [2.05, 4.69) is 23.2 Å². The number of aliphatic hydroxyl groups is 1. The van der Waals surface area contributed by atoms with Crippen LogP contribution in [0.1, 0.15) is 17.0 Å². The van der Waals surface area contributed by atoms with Gasteiger partial charge in [0.05, 0.1) is 23.5 Å². The van der Waals surface area contributed by atoms with Gasteiger partial charge in [0.1, 0.15) is 12.4 Å². The monoisotopic (exact) mass is 297 g/mol. The van der Waals surface area contributed by atoms with E-state index in [1.165, 1.54) is 0 Å². The van der Waals surface area contributed by atoms with Crippen molar-refractivity contribution in [3.63, 3.8) is 0 Å². The maximum absolute atomic E-state index is 8.86. The molecule has 5 nitrogen and oxygen atoms in total. The van der Waals surface area contributed by atoms with Crippen LogP contribution in [0.25, 0.3) is 22.2 Å². The maximum Gasteiger partial charge on any atom is 0.121 e. The summed E-state index contributed by atoms with van der Waals surface area (Å²) in [5, 5.41) is 17.2.